The summed E-state index contributed by atoms with van der Waals surface area (Å²) in [5.41, 5.74) is 0.979. The fraction of sp³-hybridized carbons (Fsp3) is 0.571. The molecule has 0 aliphatic carbocycles. The number of likely N-dealkylation sites (N-methyl/N-ethyl adjacent to an activating group) is 1. The van der Waals surface area contributed by atoms with Crippen molar-refractivity contribution >= 4 is 17.8 Å². The number of rotatable bonds is 7. The number of methoxy groups -OCH3 is 1. The molecule has 1 aliphatic rings. The van der Waals surface area contributed by atoms with Gasteiger partial charge in [-0.2, -0.15) is 0 Å². The number of aliphatic imine (C=N–C) groups is 1. The van der Waals surface area contributed by atoms with Crippen molar-refractivity contribution in [2.45, 2.75) is 20.4 Å². The molecule has 29 heavy (non-hydrogen) atoms. The molecule has 1 amide bonds. The van der Waals surface area contributed by atoms with Crippen molar-refractivity contribution in [3.05, 3.63) is 29.8 Å². The zero-order valence-corrected chi connectivity index (χ0v) is 18.0. The molecule has 0 spiro atoms. The fourth-order valence-corrected chi connectivity index (χ4v) is 3.20. The Morgan fingerprint density at radius 3 is 2.72 bits per heavy atom. The highest BCUT2D eigenvalue weighted by atomic mass is 16.5. The molecule has 0 radical (unpaired) electrons. The van der Waals surface area contributed by atoms with Gasteiger partial charge in [-0.15, -0.1) is 0 Å². The van der Waals surface area contributed by atoms with Crippen molar-refractivity contribution in [3.63, 3.8) is 0 Å². The third kappa shape index (κ3) is 6.37. The smallest absolute Gasteiger partial charge is 0.310 e. The normalized spacial score (nSPS) is 19.1. The molecule has 1 aromatic rings. The highest BCUT2D eigenvalue weighted by molar-refractivity contribution is 5.82. The van der Waals surface area contributed by atoms with E-state index in [2.05, 4.69) is 17.1 Å². The molecular weight excluding hydrogens is 372 g/mol. The Bertz CT molecular complexity index is 735. The molecule has 1 aliphatic heterocycles. The number of ether oxygens (including phenoxy) is 2. The summed E-state index contributed by atoms with van der Waals surface area (Å²) in [4.78, 5) is 32.0. The Labute approximate surface area is 172 Å². The van der Waals surface area contributed by atoms with E-state index in [0.29, 0.717) is 18.8 Å². The first kappa shape index (κ1) is 22.5. The lowest BCUT2D eigenvalue weighted by atomic mass is 9.99. The third-order valence-electron chi connectivity index (χ3n) is 4.92. The number of hydrogen-bond donors (Lipinski definition) is 1. The molecule has 8 nitrogen and oxygen atoms in total. The van der Waals surface area contributed by atoms with Crippen molar-refractivity contribution in [2.24, 2.45) is 16.8 Å². The van der Waals surface area contributed by atoms with Gasteiger partial charge < -0.3 is 24.6 Å². The van der Waals surface area contributed by atoms with Gasteiger partial charge in [0.25, 0.3) is 5.91 Å². The van der Waals surface area contributed by atoms with Crippen molar-refractivity contribution in [1.82, 2.24) is 15.1 Å². The van der Waals surface area contributed by atoms with Crippen LogP contribution in [0.1, 0.15) is 19.4 Å². The Balaban J connectivity index is 2.04. The minimum absolute atomic E-state index is 0.00292. The van der Waals surface area contributed by atoms with Crippen LogP contribution in [0.15, 0.2) is 29.3 Å². The average Bonchev–Trinajstić information content (AvgIpc) is 3.10. The summed E-state index contributed by atoms with van der Waals surface area (Å²) in [6.07, 6.45) is 0. The van der Waals surface area contributed by atoms with Gasteiger partial charge in [0, 0.05) is 33.7 Å². The monoisotopic (exact) mass is 404 g/mol. The predicted molar refractivity (Wildman–Crippen MR) is 112 cm³/mol. The van der Waals surface area contributed by atoms with Crippen LogP contribution in [0.3, 0.4) is 0 Å². The van der Waals surface area contributed by atoms with Gasteiger partial charge in [0.15, 0.2) is 12.6 Å². The molecule has 0 saturated carbocycles. The van der Waals surface area contributed by atoms with Crippen LogP contribution in [0.4, 0.5) is 0 Å². The second-order valence-corrected chi connectivity index (χ2v) is 7.41. The van der Waals surface area contributed by atoms with Crippen molar-refractivity contribution in [1.29, 1.82) is 0 Å². The number of guanidine groups is 1. The second kappa shape index (κ2) is 10.7. The summed E-state index contributed by atoms with van der Waals surface area (Å²) in [5, 5.41) is 3.30. The van der Waals surface area contributed by atoms with Crippen LogP contribution in [-0.2, 0) is 20.9 Å². The summed E-state index contributed by atoms with van der Waals surface area (Å²) >= 11 is 0. The molecule has 0 aromatic heterocycles. The number of nitrogens with one attached hydrogen (secondary N) is 1. The maximum atomic E-state index is 12.0. The third-order valence-corrected chi connectivity index (χ3v) is 4.92. The minimum Gasteiger partial charge on any atom is -0.484 e. The SMILES string of the molecule is CCNC(=NCc1cccc(OCC(=O)N(C)C)c1)N1CC(C)C(C(=O)OC)C1. The lowest BCUT2D eigenvalue weighted by Crippen LogP contribution is -2.40. The van der Waals surface area contributed by atoms with Crippen LogP contribution in [0.25, 0.3) is 0 Å². The lowest BCUT2D eigenvalue weighted by molar-refractivity contribution is -0.146. The standard InChI is InChI=1S/C21H32N4O4/c1-6-22-21(25-12-15(2)18(13-25)20(27)28-5)23-11-16-8-7-9-17(10-16)29-14-19(26)24(3)4/h7-10,15,18H,6,11-14H2,1-5H3,(H,22,23). The second-order valence-electron chi connectivity index (χ2n) is 7.41. The van der Waals surface area contributed by atoms with Gasteiger partial charge in [0.1, 0.15) is 5.75 Å². The maximum absolute atomic E-state index is 12.0. The number of carbonyl (C=O) groups is 2. The molecule has 2 rings (SSSR count). The van der Waals surface area contributed by atoms with E-state index in [4.69, 9.17) is 14.5 Å². The van der Waals surface area contributed by atoms with E-state index in [1.165, 1.54) is 12.0 Å². The van der Waals surface area contributed by atoms with Crippen molar-refractivity contribution in [2.75, 3.05) is 47.4 Å². The van der Waals surface area contributed by atoms with Crippen molar-refractivity contribution in [3.8, 4) is 5.75 Å². The first-order valence-electron chi connectivity index (χ1n) is 9.88. The van der Waals surface area contributed by atoms with Crippen LogP contribution in [0, 0.1) is 11.8 Å². The molecule has 2 atom stereocenters. The van der Waals surface area contributed by atoms with E-state index in [9.17, 15) is 9.59 Å². The molecule has 1 aromatic carbocycles. The number of esters is 1. The summed E-state index contributed by atoms with van der Waals surface area (Å²) in [6, 6.07) is 7.57. The molecule has 8 heteroatoms. The van der Waals surface area contributed by atoms with Crippen LogP contribution in [0.5, 0.6) is 5.75 Å². The molecule has 0 bridgehead atoms. The first-order chi connectivity index (χ1) is 13.8. The number of carbonyl (C=O) groups excluding carboxylic acids is 2. The van der Waals surface area contributed by atoms with Crippen molar-refractivity contribution < 1.29 is 19.1 Å². The summed E-state index contributed by atoms with van der Waals surface area (Å²) in [6.45, 7) is 6.63. The van der Waals surface area contributed by atoms with Crippen LogP contribution in [-0.4, -0.2) is 75.1 Å². The summed E-state index contributed by atoms with van der Waals surface area (Å²) in [7, 11) is 4.82. The topological polar surface area (TPSA) is 83.5 Å². The maximum Gasteiger partial charge on any atom is 0.310 e. The largest absolute Gasteiger partial charge is 0.484 e. The molecule has 1 heterocycles. The summed E-state index contributed by atoms with van der Waals surface area (Å²) in [5.74, 6) is 1.21. The fourth-order valence-electron chi connectivity index (χ4n) is 3.20. The van der Waals surface area contributed by atoms with Gasteiger partial charge in [0.2, 0.25) is 0 Å². The molecule has 2 unspecified atom stereocenters. The molecule has 160 valence electrons. The van der Waals surface area contributed by atoms with E-state index < -0.39 is 0 Å². The van der Waals surface area contributed by atoms with E-state index in [1.807, 2.05) is 31.2 Å². The van der Waals surface area contributed by atoms with E-state index >= 15 is 0 Å². The van der Waals surface area contributed by atoms with E-state index in [0.717, 1.165) is 24.6 Å². The Hall–Kier alpha value is -2.77. The van der Waals surface area contributed by atoms with Gasteiger partial charge in [-0.25, -0.2) is 4.99 Å². The molecule has 1 saturated heterocycles. The molecular formula is C21H32N4O4. The minimum atomic E-state index is -0.173. The van der Waals surface area contributed by atoms with Gasteiger partial charge in [-0.1, -0.05) is 19.1 Å². The number of likely N-dealkylation sites (tertiary alicyclic amines) is 1. The van der Waals surface area contributed by atoms with Gasteiger partial charge in [-0.3, -0.25) is 9.59 Å². The predicted octanol–water partition coefficient (Wildman–Crippen LogP) is 1.36. The zero-order valence-electron chi connectivity index (χ0n) is 18.0. The lowest BCUT2D eigenvalue weighted by Gasteiger charge is -2.21. The van der Waals surface area contributed by atoms with Gasteiger partial charge in [0.05, 0.1) is 19.6 Å². The van der Waals surface area contributed by atoms with Crippen LogP contribution < -0.4 is 10.1 Å². The van der Waals surface area contributed by atoms with Crippen LogP contribution >= 0.6 is 0 Å². The number of amides is 1. The zero-order chi connectivity index (χ0) is 21.4. The van der Waals surface area contributed by atoms with Gasteiger partial charge >= 0.3 is 5.97 Å². The number of benzene rings is 1. The van der Waals surface area contributed by atoms with E-state index in [-0.39, 0.29) is 30.3 Å². The Morgan fingerprint density at radius 2 is 2.07 bits per heavy atom. The average molecular weight is 405 g/mol. The molecule has 1 N–H and O–H groups in total. The Kier molecular flexibility index (Phi) is 8.30. The van der Waals surface area contributed by atoms with Crippen LogP contribution in [0.2, 0.25) is 0 Å². The first-order valence-corrected chi connectivity index (χ1v) is 9.88. The summed E-state index contributed by atoms with van der Waals surface area (Å²) < 4.78 is 10.5. The number of hydrogen-bond acceptors (Lipinski definition) is 5. The quantitative estimate of drug-likeness (QED) is 0.420. The Morgan fingerprint density at radius 1 is 1.31 bits per heavy atom. The number of nitrogens with zero attached hydrogens (tertiary/aromatic N) is 3. The molecule has 1 fully saturated rings. The highest BCUT2D eigenvalue weighted by Gasteiger charge is 2.36. The van der Waals surface area contributed by atoms with E-state index in [1.54, 1.807) is 14.1 Å². The van der Waals surface area contributed by atoms with Gasteiger partial charge in [-0.05, 0) is 30.5 Å². The highest BCUT2D eigenvalue weighted by Crippen LogP contribution is 2.24.